The molecule has 0 saturated carbocycles. The molecule has 5 nitrogen and oxygen atoms in total. The number of rotatable bonds is 5. The van der Waals surface area contributed by atoms with Gasteiger partial charge in [-0.3, -0.25) is 0 Å². The summed E-state index contributed by atoms with van der Waals surface area (Å²) in [5.41, 5.74) is 7.62. The number of nitrogens with zero attached hydrogens (tertiary/aromatic N) is 2. The van der Waals surface area contributed by atoms with Crippen molar-refractivity contribution in [3.63, 3.8) is 0 Å². The molecule has 0 atom stereocenters. The summed E-state index contributed by atoms with van der Waals surface area (Å²) in [5.74, 6) is 0.794. The lowest BCUT2D eigenvalue weighted by atomic mass is 10.1. The zero-order valence-electron chi connectivity index (χ0n) is 12.1. The Morgan fingerprint density at radius 1 is 1.32 bits per heavy atom. The number of hydrogen-bond donors (Lipinski definition) is 3. The van der Waals surface area contributed by atoms with E-state index in [-0.39, 0.29) is 0 Å². The number of anilines is 3. The highest BCUT2D eigenvalue weighted by molar-refractivity contribution is 5.66. The van der Waals surface area contributed by atoms with Crippen molar-refractivity contribution < 1.29 is 4.48 Å². The van der Waals surface area contributed by atoms with Crippen molar-refractivity contribution in [1.29, 1.82) is 0 Å². The Morgan fingerprint density at radius 3 is 2.68 bits per heavy atom. The first-order valence-electron chi connectivity index (χ1n) is 7.14. The summed E-state index contributed by atoms with van der Waals surface area (Å²) in [6, 6.07) is 1.91. The van der Waals surface area contributed by atoms with Crippen LogP contribution < -0.4 is 16.4 Å². The maximum Gasteiger partial charge on any atom is 0.149 e. The van der Waals surface area contributed by atoms with Crippen LogP contribution in [0, 0.1) is 0 Å². The minimum absolute atomic E-state index is 0.702. The predicted molar refractivity (Wildman–Crippen MR) is 81.3 cm³/mol. The van der Waals surface area contributed by atoms with Gasteiger partial charge in [0.2, 0.25) is 0 Å². The Bertz CT molecular complexity index is 412. The summed E-state index contributed by atoms with van der Waals surface area (Å²) in [6.07, 6.45) is 5.90. The van der Waals surface area contributed by atoms with Crippen molar-refractivity contribution in [2.75, 3.05) is 56.6 Å². The van der Waals surface area contributed by atoms with E-state index in [0.29, 0.717) is 5.69 Å². The molecule has 19 heavy (non-hydrogen) atoms. The van der Waals surface area contributed by atoms with Gasteiger partial charge in [-0.05, 0) is 25.3 Å². The maximum atomic E-state index is 5.98. The third kappa shape index (κ3) is 3.73. The molecule has 4 N–H and O–H groups in total. The van der Waals surface area contributed by atoms with E-state index in [2.05, 4.69) is 22.7 Å². The van der Waals surface area contributed by atoms with Gasteiger partial charge in [0.15, 0.2) is 0 Å². The predicted octanol–water partition coefficient (Wildman–Crippen LogP) is 1.75. The van der Waals surface area contributed by atoms with E-state index in [1.54, 1.807) is 6.20 Å². The molecule has 1 aromatic rings. The smallest absolute Gasteiger partial charge is 0.149 e. The van der Waals surface area contributed by atoms with Gasteiger partial charge in [0.1, 0.15) is 5.82 Å². The summed E-state index contributed by atoms with van der Waals surface area (Å²) in [7, 11) is 4.21. The summed E-state index contributed by atoms with van der Waals surface area (Å²) in [5, 5.41) is 6.39. The second-order valence-electron chi connectivity index (χ2n) is 5.69. The quantitative estimate of drug-likeness (QED) is 0.709. The second-order valence-corrected chi connectivity index (χ2v) is 5.69. The van der Waals surface area contributed by atoms with E-state index in [1.807, 2.05) is 13.1 Å². The van der Waals surface area contributed by atoms with E-state index in [4.69, 9.17) is 5.73 Å². The number of likely N-dealkylation sites (N-methyl/N-ethyl adjacent to an activating group) is 1. The summed E-state index contributed by atoms with van der Waals surface area (Å²) >= 11 is 0. The van der Waals surface area contributed by atoms with E-state index in [9.17, 15) is 0 Å². The van der Waals surface area contributed by atoms with Gasteiger partial charge in [-0.1, -0.05) is 0 Å². The number of quaternary nitrogens is 1. The topological polar surface area (TPSA) is 63.0 Å². The Hall–Kier alpha value is -1.49. The van der Waals surface area contributed by atoms with E-state index >= 15 is 0 Å². The van der Waals surface area contributed by atoms with Gasteiger partial charge < -0.3 is 20.9 Å². The van der Waals surface area contributed by atoms with Crippen LogP contribution in [0.15, 0.2) is 12.3 Å². The molecule has 1 aromatic heterocycles. The van der Waals surface area contributed by atoms with Gasteiger partial charge in [0.25, 0.3) is 0 Å². The molecule has 1 fully saturated rings. The van der Waals surface area contributed by atoms with Gasteiger partial charge in [0, 0.05) is 7.05 Å². The third-order valence-corrected chi connectivity index (χ3v) is 4.05. The lowest BCUT2D eigenvalue weighted by Crippen LogP contribution is -2.50. The van der Waals surface area contributed by atoms with Crippen LogP contribution in [0.4, 0.5) is 17.2 Å². The van der Waals surface area contributed by atoms with Crippen LogP contribution in [0.25, 0.3) is 0 Å². The fourth-order valence-electron chi connectivity index (χ4n) is 2.71. The Kier molecular flexibility index (Phi) is 4.47. The standard InChI is InChI=1S/C14H26N5/c1-16-12-10-13(15)14(18-11-12)17-6-9-19(2)7-4-3-5-8-19/h10-11,16H,3-9,15H2,1-2H3,(H,17,18)/q+1. The van der Waals surface area contributed by atoms with Crippen molar-refractivity contribution in [2.24, 2.45) is 0 Å². The maximum absolute atomic E-state index is 5.98. The number of piperidine rings is 1. The molecule has 0 aliphatic carbocycles. The van der Waals surface area contributed by atoms with Crippen LogP contribution in [-0.4, -0.2) is 49.7 Å². The van der Waals surface area contributed by atoms with Crippen molar-refractivity contribution in [1.82, 2.24) is 4.98 Å². The average molecular weight is 264 g/mol. The lowest BCUT2D eigenvalue weighted by Gasteiger charge is -2.37. The third-order valence-electron chi connectivity index (χ3n) is 4.05. The van der Waals surface area contributed by atoms with Crippen LogP contribution in [0.5, 0.6) is 0 Å². The van der Waals surface area contributed by atoms with E-state index in [1.165, 1.54) is 36.8 Å². The fraction of sp³-hybridized carbons (Fsp3) is 0.643. The largest absolute Gasteiger partial charge is 0.396 e. The number of likely N-dealkylation sites (tertiary alicyclic amines) is 1. The van der Waals surface area contributed by atoms with Gasteiger partial charge >= 0.3 is 0 Å². The van der Waals surface area contributed by atoms with E-state index < -0.39 is 0 Å². The van der Waals surface area contributed by atoms with Gasteiger partial charge in [-0.15, -0.1) is 0 Å². The zero-order valence-corrected chi connectivity index (χ0v) is 12.1. The van der Waals surface area contributed by atoms with Crippen LogP contribution >= 0.6 is 0 Å². The second kappa shape index (κ2) is 6.10. The first kappa shape index (κ1) is 13.9. The van der Waals surface area contributed by atoms with Crippen LogP contribution in [0.2, 0.25) is 0 Å². The number of hydrogen-bond acceptors (Lipinski definition) is 4. The normalized spacial score (nSPS) is 18.0. The first-order valence-corrected chi connectivity index (χ1v) is 7.14. The number of nitrogen functional groups attached to an aromatic ring is 1. The molecule has 2 rings (SSSR count). The SMILES string of the molecule is CNc1cnc(NCC[N+]2(C)CCCCC2)c(N)c1. The Labute approximate surface area is 115 Å². The molecular formula is C14H26N5+. The molecule has 0 amide bonds. The minimum Gasteiger partial charge on any atom is -0.396 e. The molecule has 0 radical (unpaired) electrons. The Morgan fingerprint density at radius 2 is 2.05 bits per heavy atom. The zero-order chi connectivity index (χ0) is 13.7. The lowest BCUT2D eigenvalue weighted by molar-refractivity contribution is -0.912. The first-order chi connectivity index (χ1) is 9.13. The van der Waals surface area contributed by atoms with E-state index in [0.717, 1.165) is 24.6 Å². The molecule has 1 aliphatic heterocycles. The Balaban J connectivity index is 1.85. The number of pyridine rings is 1. The summed E-state index contributed by atoms with van der Waals surface area (Å²) in [4.78, 5) is 4.35. The van der Waals surface area contributed by atoms with Crippen molar-refractivity contribution >= 4 is 17.2 Å². The average Bonchev–Trinajstić information content (AvgIpc) is 2.41. The fourth-order valence-corrected chi connectivity index (χ4v) is 2.71. The van der Waals surface area contributed by atoms with Gasteiger partial charge in [0.05, 0.1) is 50.8 Å². The van der Waals surface area contributed by atoms with Gasteiger partial charge in [-0.25, -0.2) is 4.98 Å². The molecule has 106 valence electrons. The molecule has 0 aromatic carbocycles. The number of aromatic nitrogens is 1. The van der Waals surface area contributed by atoms with Crippen molar-refractivity contribution in [2.45, 2.75) is 19.3 Å². The van der Waals surface area contributed by atoms with Crippen LogP contribution in [-0.2, 0) is 0 Å². The van der Waals surface area contributed by atoms with Crippen LogP contribution in [0.3, 0.4) is 0 Å². The molecular weight excluding hydrogens is 238 g/mol. The highest BCUT2D eigenvalue weighted by Gasteiger charge is 2.23. The number of nitrogens with two attached hydrogens (primary N) is 1. The molecule has 1 aliphatic rings. The minimum atomic E-state index is 0.702. The molecule has 5 heteroatoms. The summed E-state index contributed by atoms with van der Waals surface area (Å²) in [6.45, 7) is 4.65. The molecule has 0 bridgehead atoms. The highest BCUT2D eigenvalue weighted by Crippen LogP contribution is 2.20. The summed E-state index contributed by atoms with van der Waals surface area (Å²) < 4.78 is 1.17. The molecule has 0 unspecified atom stereocenters. The monoisotopic (exact) mass is 264 g/mol. The molecule has 2 heterocycles. The van der Waals surface area contributed by atoms with Crippen LogP contribution in [0.1, 0.15) is 19.3 Å². The number of nitrogens with one attached hydrogen (secondary N) is 2. The highest BCUT2D eigenvalue weighted by atomic mass is 15.3. The van der Waals surface area contributed by atoms with Crippen molar-refractivity contribution in [3.8, 4) is 0 Å². The van der Waals surface area contributed by atoms with Crippen molar-refractivity contribution in [3.05, 3.63) is 12.3 Å². The van der Waals surface area contributed by atoms with Gasteiger partial charge in [-0.2, -0.15) is 0 Å². The molecule has 1 saturated heterocycles. The molecule has 0 spiro atoms.